The number of carboxylic acid groups (broad SMARTS) is 1. The molecule has 43 heavy (non-hydrogen) atoms. The molecule has 3 aromatic rings. The van der Waals surface area contributed by atoms with Crippen LogP contribution >= 0.6 is 11.6 Å². The van der Waals surface area contributed by atoms with Crippen molar-refractivity contribution in [2.24, 2.45) is 4.99 Å². The Morgan fingerprint density at radius 1 is 1.16 bits per heavy atom. The first kappa shape index (κ1) is 29.8. The van der Waals surface area contributed by atoms with Gasteiger partial charge in [-0.1, -0.05) is 29.8 Å². The highest BCUT2D eigenvalue weighted by atomic mass is 35.5. The summed E-state index contributed by atoms with van der Waals surface area (Å²) in [6, 6.07) is 9.59. The molecule has 12 nitrogen and oxygen atoms in total. The van der Waals surface area contributed by atoms with Crippen molar-refractivity contribution in [3.8, 4) is 5.75 Å². The number of carbonyl (C=O) groups excluding carboxylic acids is 3. The molecule has 3 amide bonds. The maximum absolute atomic E-state index is 14.3. The normalized spacial score (nSPS) is 18.7. The number of halogens is 1. The van der Waals surface area contributed by atoms with E-state index in [1.807, 2.05) is 20.8 Å². The number of hydrogen-bond acceptors (Lipinski definition) is 8. The number of aromatic nitrogens is 1. The Kier molecular flexibility index (Phi) is 8.23. The second kappa shape index (κ2) is 11.9. The summed E-state index contributed by atoms with van der Waals surface area (Å²) in [4.78, 5) is 62.5. The predicted octanol–water partition coefficient (Wildman–Crippen LogP) is 4.26. The Morgan fingerprint density at radius 3 is 2.53 bits per heavy atom. The molecule has 1 aromatic heterocycles. The summed E-state index contributed by atoms with van der Waals surface area (Å²) in [6.07, 6.45) is 2.11. The highest BCUT2D eigenvalue weighted by molar-refractivity contribution is 6.30. The number of nitrogens with zero attached hydrogens (tertiary/aromatic N) is 4. The monoisotopic (exact) mass is 607 g/mol. The van der Waals surface area contributed by atoms with Crippen LogP contribution in [-0.4, -0.2) is 74.7 Å². The van der Waals surface area contributed by atoms with E-state index in [2.05, 4.69) is 10.3 Å². The minimum absolute atomic E-state index is 0.135. The third kappa shape index (κ3) is 6.54. The summed E-state index contributed by atoms with van der Waals surface area (Å²) in [7, 11) is 0. The van der Waals surface area contributed by atoms with Crippen molar-refractivity contribution in [1.82, 2.24) is 20.1 Å². The van der Waals surface area contributed by atoms with Gasteiger partial charge in [-0.15, -0.1) is 0 Å². The Balaban J connectivity index is 1.69. The van der Waals surface area contributed by atoms with Crippen LogP contribution in [0.2, 0.25) is 5.02 Å². The van der Waals surface area contributed by atoms with Crippen molar-refractivity contribution in [2.75, 3.05) is 19.6 Å². The minimum Gasteiger partial charge on any atom is -0.487 e. The van der Waals surface area contributed by atoms with Crippen LogP contribution in [0.25, 0.3) is 0 Å². The first-order valence-electron chi connectivity index (χ1n) is 13.6. The summed E-state index contributed by atoms with van der Waals surface area (Å²) >= 11 is 6.20. The zero-order chi connectivity index (χ0) is 30.9. The SMILES string of the molecule is CC(C)(C)Oc1cc(C(=O)CC(=O)O)ccc1C1=NC(c2cnco2)C(c2ccc(Cl)cc2)N1C(=O)N1CCNC(=O)C1. The molecule has 2 N–H and O–H groups in total. The number of nitrogens with one attached hydrogen (secondary N) is 1. The van der Waals surface area contributed by atoms with Crippen LogP contribution in [-0.2, 0) is 9.59 Å². The molecule has 2 aliphatic heterocycles. The van der Waals surface area contributed by atoms with Gasteiger partial charge in [0.2, 0.25) is 5.91 Å². The lowest BCUT2D eigenvalue weighted by Gasteiger charge is -2.35. The number of benzene rings is 2. The van der Waals surface area contributed by atoms with Crippen molar-refractivity contribution in [2.45, 2.75) is 44.9 Å². The molecule has 0 saturated carbocycles. The fourth-order valence-electron chi connectivity index (χ4n) is 5.02. The number of urea groups is 1. The number of aliphatic carboxylic acids is 1. The molecule has 13 heteroatoms. The first-order chi connectivity index (χ1) is 20.4. The zero-order valence-corrected chi connectivity index (χ0v) is 24.5. The molecule has 224 valence electrons. The summed E-state index contributed by atoms with van der Waals surface area (Å²) in [5, 5.41) is 12.4. The Labute approximate surface area is 252 Å². The molecule has 0 bridgehead atoms. The van der Waals surface area contributed by atoms with Crippen molar-refractivity contribution in [1.29, 1.82) is 0 Å². The summed E-state index contributed by atoms with van der Waals surface area (Å²) in [5.41, 5.74) is 0.487. The zero-order valence-electron chi connectivity index (χ0n) is 23.7. The first-order valence-corrected chi connectivity index (χ1v) is 13.9. The second-order valence-electron chi connectivity index (χ2n) is 11.1. The number of carbonyl (C=O) groups is 4. The van der Waals surface area contributed by atoms with Crippen molar-refractivity contribution >= 4 is 41.1 Å². The van der Waals surface area contributed by atoms with Crippen LogP contribution in [0, 0.1) is 0 Å². The van der Waals surface area contributed by atoms with Gasteiger partial charge in [0.15, 0.2) is 17.9 Å². The van der Waals surface area contributed by atoms with Crippen LogP contribution < -0.4 is 10.1 Å². The summed E-state index contributed by atoms with van der Waals surface area (Å²) in [5.74, 6) is -1.30. The molecule has 2 aliphatic rings. The van der Waals surface area contributed by atoms with E-state index in [1.54, 1.807) is 30.3 Å². The third-order valence-electron chi connectivity index (χ3n) is 6.81. The Hall–Kier alpha value is -4.71. The molecule has 2 unspecified atom stereocenters. The highest BCUT2D eigenvalue weighted by Crippen LogP contribution is 2.45. The molecule has 2 atom stereocenters. The topological polar surface area (TPSA) is 155 Å². The maximum Gasteiger partial charge on any atom is 0.326 e. The van der Waals surface area contributed by atoms with Crippen LogP contribution in [0.1, 0.15) is 66.5 Å². The summed E-state index contributed by atoms with van der Waals surface area (Å²) in [6.45, 7) is 5.90. The molecule has 0 spiro atoms. The predicted molar refractivity (Wildman–Crippen MR) is 155 cm³/mol. The number of carboxylic acids is 1. The highest BCUT2D eigenvalue weighted by Gasteiger charge is 2.46. The van der Waals surface area contributed by atoms with E-state index in [0.29, 0.717) is 28.5 Å². The lowest BCUT2D eigenvalue weighted by molar-refractivity contribution is -0.136. The van der Waals surface area contributed by atoms with Crippen molar-refractivity contribution in [3.05, 3.63) is 82.5 Å². The van der Waals surface area contributed by atoms with Gasteiger partial charge in [-0.3, -0.25) is 24.3 Å². The average molecular weight is 608 g/mol. The molecule has 1 saturated heterocycles. The molecular weight excluding hydrogens is 578 g/mol. The number of amides is 3. The second-order valence-corrected chi connectivity index (χ2v) is 11.6. The Bertz CT molecular complexity index is 1580. The van der Waals surface area contributed by atoms with Gasteiger partial charge >= 0.3 is 12.0 Å². The minimum atomic E-state index is -1.25. The van der Waals surface area contributed by atoms with Crippen LogP contribution in [0.3, 0.4) is 0 Å². The fourth-order valence-corrected chi connectivity index (χ4v) is 5.14. The van der Waals surface area contributed by atoms with E-state index in [9.17, 15) is 19.2 Å². The van der Waals surface area contributed by atoms with Gasteiger partial charge in [0.1, 0.15) is 36.2 Å². The number of aliphatic imine (C=N–C) groups is 1. The lowest BCUT2D eigenvalue weighted by atomic mass is 9.97. The van der Waals surface area contributed by atoms with E-state index >= 15 is 0 Å². The fraction of sp³-hybridized carbons (Fsp3) is 0.333. The van der Waals surface area contributed by atoms with E-state index in [0.717, 1.165) is 0 Å². The van der Waals surface area contributed by atoms with Gasteiger partial charge in [-0.05, 0) is 50.6 Å². The van der Waals surface area contributed by atoms with E-state index in [4.69, 9.17) is 30.9 Å². The maximum atomic E-state index is 14.3. The molecule has 1 fully saturated rings. The van der Waals surface area contributed by atoms with E-state index < -0.39 is 41.9 Å². The van der Waals surface area contributed by atoms with E-state index in [-0.39, 0.29) is 36.1 Å². The largest absolute Gasteiger partial charge is 0.487 e. The average Bonchev–Trinajstić information content (AvgIpc) is 3.60. The molecule has 0 aliphatic carbocycles. The van der Waals surface area contributed by atoms with E-state index in [1.165, 1.54) is 34.5 Å². The summed E-state index contributed by atoms with van der Waals surface area (Å²) < 4.78 is 11.9. The third-order valence-corrected chi connectivity index (χ3v) is 7.06. The molecule has 2 aromatic carbocycles. The smallest absolute Gasteiger partial charge is 0.326 e. The van der Waals surface area contributed by atoms with Crippen molar-refractivity contribution < 1.29 is 33.4 Å². The molecular formula is C30H30ClN5O7. The molecule has 5 rings (SSSR count). The number of hydrogen-bond donors (Lipinski definition) is 2. The number of oxazole rings is 1. The lowest BCUT2D eigenvalue weighted by Crippen LogP contribution is -2.55. The van der Waals surface area contributed by atoms with Crippen LogP contribution in [0.4, 0.5) is 4.79 Å². The molecule has 3 heterocycles. The van der Waals surface area contributed by atoms with Crippen LogP contribution in [0.5, 0.6) is 5.75 Å². The van der Waals surface area contributed by atoms with Gasteiger partial charge in [-0.25, -0.2) is 9.78 Å². The number of amidine groups is 1. The Morgan fingerprint density at radius 2 is 1.91 bits per heavy atom. The number of ether oxygens (including phenoxy) is 1. The van der Waals surface area contributed by atoms with Gasteiger partial charge in [-0.2, -0.15) is 0 Å². The van der Waals surface area contributed by atoms with Crippen LogP contribution in [0.15, 0.2) is 64.5 Å². The molecule has 0 radical (unpaired) electrons. The number of piperazine rings is 1. The number of Topliss-reactive ketones (excluding diaryl/α,β-unsaturated/α-hetero) is 1. The van der Waals surface area contributed by atoms with Crippen molar-refractivity contribution in [3.63, 3.8) is 0 Å². The van der Waals surface area contributed by atoms with Gasteiger partial charge in [0, 0.05) is 23.7 Å². The standard InChI is InChI=1S/C30H30ClN5O7/c1-30(2,3)43-22-12-18(21(37)13-25(39)40)6-9-20(22)28-34-26(23-14-32-16-42-23)27(17-4-7-19(31)8-5-17)36(28)29(41)35-11-10-33-24(38)15-35/h4-9,12,14,16,26-27H,10-11,13,15H2,1-3H3,(H,33,38)(H,39,40). The number of ketones is 1. The van der Waals surface area contributed by atoms with Gasteiger partial charge in [0.05, 0.1) is 17.8 Å². The number of rotatable bonds is 7. The van der Waals surface area contributed by atoms with Gasteiger partial charge in [0.25, 0.3) is 0 Å². The quantitative estimate of drug-likeness (QED) is 0.298. The van der Waals surface area contributed by atoms with Gasteiger partial charge < -0.3 is 24.5 Å².